The Balaban J connectivity index is 3.02. The summed E-state index contributed by atoms with van der Waals surface area (Å²) in [6, 6.07) is 0. The Morgan fingerprint density at radius 3 is 2.53 bits per heavy atom. The van der Waals surface area contributed by atoms with Gasteiger partial charge in [-0.25, -0.2) is 14.6 Å². The Morgan fingerprint density at radius 2 is 1.95 bits per heavy atom. The van der Waals surface area contributed by atoms with E-state index in [-0.39, 0.29) is 23.8 Å². The van der Waals surface area contributed by atoms with Gasteiger partial charge in [0.2, 0.25) is 0 Å². The molecule has 1 heterocycles. The van der Waals surface area contributed by atoms with Crippen molar-refractivity contribution in [3.63, 3.8) is 0 Å². The Hall–Kier alpha value is -1.89. The topological polar surface area (TPSA) is 77.5 Å². The maximum Gasteiger partial charge on any atom is 0.358 e. The predicted octanol–water partition coefficient (Wildman–Crippen LogP) is 2.09. The minimum atomic E-state index is -0.631. The van der Waals surface area contributed by atoms with E-state index in [4.69, 9.17) is 9.47 Å². The molecule has 0 aliphatic heterocycles. The maximum absolute atomic E-state index is 11.8. The average molecular weight is 284 g/mol. The molecule has 1 rings (SSSR count). The van der Waals surface area contributed by atoms with E-state index in [1.54, 1.807) is 19.9 Å². The number of nitrogens with zero attached hydrogens (tertiary/aromatic N) is 1. The van der Waals surface area contributed by atoms with Crippen molar-refractivity contribution in [2.45, 2.75) is 13.8 Å². The van der Waals surface area contributed by atoms with Gasteiger partial charge in [0.1, 0.15) is 4.88 Å². The maximum atomic E-state index is 11.8. The highest BCUT2D eigenvalue weighted by atomic mass is 32.1. The zero-order valence-corrected chi connectivity index (χ0v) is 11.7. The van der Waals surface area contributed by atoms with Crippen LogP contribution in [-0.2, 0) is 9.47 Å². The molecular formula is C12H16N2O4S. The summed E-state index contributed by atoms with van der Waals surface area (Å²) in [4.78, 5) is 27.7. The van der Waals surface area contributed by atoms with Crippen LogP contribution < -0.4 is 5.32 Å². The summed E-state index contributed by atoms with van der Waals surface area (Å²) in [6.45, 7) is 7.88. The Bertz CT molecular complexity index is 435. The summed E-state index contributed by atoms with van der Waals surface area (Å²) in [5, 5.41) is 3.37. The highest BCUT2D eigenvalue weighted by Crippen LogP contribution is 2.24. The van der Waals surface area contributed by atoms with E-state index in [1.165, 1.54) is 0 Å². The molecule has 0 aromatic carbocycles. The lowest BCUT2D eigenvalue weighted by atomic mass is 10.3. The molecule has 0 saturated heterocycles. The molecule has 0 aliphatic rings. The number of aromatic nitrogens is 1. The van der Waals surface area contributed by atoms with Gasteiger partial charge in [0.05, 0.1) is 13.2 Å². The number of ether oxygens (including phenoxy) is 2. The second-order valence-corrected chi connectivity index (χ2v) is 4.31. The molecule has 0 saturated carbocycles. The molecule has 1 N–H and O–H groups in total. The van der Waals surface area contributed by atoms with E-state index < -0.39 is 11.9 Å². The Morgan fingerprint density at radius 1 is 1.32 bits per heavy atom. The third-order valence-electron chi connectivity index (χ3n) is 1.95. The molecule has 0 amide bonds. The fourth-order valence-corrected chi connectivity index (χ4v) is 2.08. The largest absolute Gasteiger partial charge is 0.462 e. The second kappa shape index (κ2) is 7.52. The number of hydrogen-bond acceptors (Lipinski definition) is 7. The van der Waals surface area contributed by atoms with Gasteiger partial charge in [-0.15, -0.1) is 6.58 Å². The van der Waals surface area contributed by atoms with Crippen molar-refractivity contribution in [1.82, 2.24) is 4.98 Å². The molecule has 0 bridgehead atoms. The summed E-state index contributed by atoms with van der Waals surface area (Å²) in [5.74, 6) is -1.21. The first-order valence-electron chi connectivity index (χ1n) is 5.83. The molecule has 7 heteroatoms. The third-order valence-corrected chi connectivity index (χ3v) is 2.95. The number of anilines is 1. The summed E-state index contributed by atoms with van der Waals surface area (Å²) in [5.41, 5.74) is -0.0168. The SMILES string of the molecule is C=CCNc1nc(C(=O)OCC)c(C(=O)OCC)s1. The average Bonchev–Trinajstić information content (AvgIpc) is 2.81. The predicted molar refractivity (Wildman–Crippen MR) is 72.7 cm³/mol. The van der Waals surface area contributed by atoms with Crippen molar-refractivity contribution in [2.75, 3.05) is 25.1 Å². The fraction of sp³-hybridized carbons (Fsp3) is 0.417. The van der Waals surface area contributed by atoms with Crippen LogP contribution in [0.3, 0.4) is 0 Å². The minimum Gasteiger partial charge on any atom is -0.462 e. The molecule has 104 valence electrons. The monoisotopic (exact) mass is 284 g/mol. The molecule has 1 aromatic rings. The standard InChI is InChI=1S/C12H16N2O4S/c1-4-7-13-12-14-8(10(15)17-5-2)9(19-12)11(16)18-6-3/h4H,1,5-7H2,2-3H3,(H,13,14). The normalized spacial score (nSPS) is 9.79. The van der Waals surface area contributed by atoms with Crippen LogP contribution in [0.5, 0.6) is 0 Å². The molecule has 0 radical (unpaired) electrons. The van der Waals surface area contributed by atoms with Crippen molar-refractivity contribution in [2.24, 2.45) is 0 Å². The molecule has 19 heavy (non-hydrogen) atoms. The zero-order chi connectivity index (χ0) is 14.3. The summed E-state index contributed by atoms with van der Waals surface area (Å²) in [6.07, 6.45) is 1.65. The molecule has 6 nitrogen and oxygen atoms in total. The van der Waals surface area contributed by atoms with Crippen molar-refractivity contribution >= 4 is 28.4 Å². The Labute approximate surface area is 115 Å². The molecule has 0 fully saturated rings. The van der Waals surface area contributed by atoms with Crippen LogP contribution in [0, 0.1) is 0 Å². The highest BCUT2D eigenvalue weighted by Gasteiger charge is 2.25. The Kier molecular flexibility index (Phi) is 6.01. The fourth-order valence-electron chi connectivity index (χ4n) is 1.23. The lowest BCUT2D eigenvalue weighted by Gasteiger charge is -2.01. The van der Waals surface area contributed by atoms with E-state index in [1.807, 2.05) is 0 Å². The van der Waals surface area contributed by atoms with Crippen LogP contribution in [0.2, 0.25) is 0 Å². The van der Waals surface area contributed by atoms with Crippen LogP contribution in [0.1, 0.15) is 34.0 Å². The van der Waals surface area contributed by atoms with Crippen LogP contribution in [0.25, 0.3) is 0 Å². The van der Waals surface area contributed by atoms with Gasteiger partial charge < -0.3 is 14.8 Å². The van der Waals surface area contributed by atoms with E-state index in [2.05, 4.69) is 16.9 Å². The van der Waals surface area contributed by atoms with Crippen molar-refractivity contribution in [1.29, 1.82) is 0 Å². The summed E-state index contributed by atoms with van der Waals surface area (Å²) < 4.78 is 9.75. The first-order chi connectivity index (χ1) is 9.13. The summed E-state index contributed by atoms with van der Waals surface area (Å²) in [7, 11) is 0. The quantitative estimate of drug-likeness (QED) is 0.610. The van der Waals surface area contributed by atoms with E-state index in [0.29, 0.717) is 11.7 Å². The zero-order valence-electron chi connectivity index (χ0n) is 10.9. The van der Waals surface area contributed by atoms with Crippen LogP contribution >= 0.6 is 11.3 Å². The minimum absolute atomic E-state index is 0.0168. The molecule has 0 atom stereocenters. The molecule has 0 aliphatic carbocycles. The van der Waals surface area contributed by atoms with Gasteiger partial charge in [0.25, 0.3) is 0 Å². The van der Waals surface area contributed by atoms with Gasteiger partial charge in [-0.1, -0.05) is 17.4 Å². The molecule has 0 unspecified atom stereocenters. The van der Waals surface area contributed by atoms with Crippen molar-refractivity contribution in [3.8, 4) is 0 Å². The van der Waals surface area contributed by atoms with Gasteiger partial charge in [-0.05, 0) is 13.8 Å². The van der Waals surface area contributed by atoms with Gasteiger partial charge in [0, 0.05) is 6.54 Å². The first-order valence-corrected chi connectivity index (χ1v) is 6.65. The number of thiazole rings is 1. The molecular weight excluding hydrogens is 268 g/mol. The third kappa shape index (κ3) is 4.06. The number of hydrogen-bond donors (Lipinski definition) is 1. The van der Waals surface area contributed by atoms with E-state index in [0.717, 1.165) is 11.3 Å². The van der Waals surface area contributed by atoms with Crippen LogP contribution in [-0.4, -0.2) is 36.7 Å². The number of esters is 2. The molecule has 0 spiro atoms. The first kappa shape index (κ1) is 15.2. The number of rotatable bonds is 7. The van der Waals surface area contributed by atoms with Gasteiger partial charge in [-0.3, -0.25) is 0 Å². The van der Waals surface area contributed by atoms with Gasteiger partial charge >= 0.3 is 11.9 Å². The number of nitrogens with one attached hydrogen (secondary N) is 1. The summed E-state index contributed by atoms with van der Waals surface area (Å²) >= 11 is 1.06. The lowest BCUT2D eigenvalue weighted by Crippen LogP contribution is -2.12. The smallest absolute Gasteiger partial charge is 0.358 e. The van der Waals surface area contributed by atoms with E-state index >= 15 is 0 Å². The second-order valence-electron chi connectivity index (χ2n) is 3.31. The molecule has 1 aromatic heterocycles. The van der Waals surface area contributed by atoms with Crippen LogP contribution in [0.4, 0.5) is 5.13 Å². The van der Waals surface area contributed by atoms with Crippen molar-refractivity contribution < 1.29 is 19.1 Å². The number of carbonyl (C=O) groups excluding carboxylic acids is 2. The van der Waals surface area contributed by atoms with E-state index in [9.17, 15) is 9.59 Å². The highest BCUT2D eigenvalue weighted by molar-refractivity contribution is 7.17. The number of carbonyl (C=O) groups is 2. The lowest BCUT2D eigenvalue weighted by molar-refractivity contribution is 0.0479. The van der Waals surface area contributed by atoms with Gasteiger partial charge in [0.15, 0.2) is 10.8 Å². The van der Waals surface area contributed by atoms with Crippen LogP contribution in [0.15, 0.2) is 12.7 Å². The van der Waals surface area contributed by atoms with Gasteiger partial charge in [-0.2, -0.15) is 0 Å². The van der Waals surface area contributed by atoms with Crippen molar-refractivity contribution in [3.05, 3.63) is 23.2 Å².